The molecule has 0 heterocycles. The van der Waals surface area contributed by atoms with Gasteiger partial charge >= 0.3 is 0 Å². The molecule has 16 heavy (non-hydrogen) atoms. The SMILES string of the molecule is CC(C)=CCNC(=O)c1cc(Br)ccc1I. The summed E-state index contributed by atoms with van der Waals surface area (Å²) in [5.41, 5.74) is 1.90. The number of carbonyl (C=O) groups excluding carboxylic acids is 1. The Labute approximate surface area is 118 Å². The number of carbonyl (C=O) groups is 1. The van der Waals surface area contributed by atoms with E-state index in [9.17, 15) is 4.79 Å². The monoisotopic (exact) mass is 393 g/mol. The fraction of sp³-hybridized carbons (Fsp3) is 0.250. The minimum Gasteiger partial charge on any atom is -0.349 e. The van der Waals surface area contributed by atoms with Gasteiger partial charge in [-0.1, -0.05) is 27.6 Å². The van der Waals surface area contributed by atoms with Gasteiger partial charge in [-0.2, -0.15) is 0 Å². The maximum absolute atomic E-state index is 11.8. The third kappa shape index (κ3) is 4.25. The normalized spacial score (nSPS) is 9.75. The average Bonchev–Trinajstić information content (AvgIpc) is 2.21. The van der Waals surface area contributed by atoms with Crippen LogP contribution in [0.4, 0.5) is 0 Å². The van der Waals surface area contributed by atoms with E-state index in [1.807, 2.05) is 38.1 Å². The molecule has 0 atom stereocenters. The summed E-state index contributed by atoms with van der Waals surface area (Å²) < 4.78 is 1.87. The lowest BCUT2D eigenvalue weighted by atomic mass is 10.2. The summed E-state index contributed by atoms with van der Waals surface area (Å²) in [6.45, 7) is 4.59. The number of hydrogen-bond acceptors (Lipinski definition) is 1. The molecule has 2 nitrogen and oxygen atoms in total. The summed E-state index contributed by atoms with van der Waals surface area (Å²) in [6.07, 6.45) is 1.99. The first-order chi connectivity index (χ1) is 7.50. The molecule has 1 aromatic carbocycles. The maximum Gasteiger partial charge on any atom is 0.252 e. The van der Waals surface area contributed by atoms with Crippen LogP contribution in [-0.4, -0.2) is 12.5 Å². The summed E-state index contributed by atoms with van der Waals surface area (Å²) in [7, 11) is 0. The highest BCUT2D eigenvalue weighted by atomic mass is 127. The van der Waals surface area contributed by atoms with Crippen LogP contribution >= 0.6 is 38.5 Å². The topological polar surface area (TPSA) is 29.1 Å². The van der Waals surface area contributed by atoms with Crippen molar-refractivity contribution in [3.63, 3.8) is 0 Å². The van der Waals surface area contributed by atoms with Gasteiger partial charge in [0.1, 0.15) is 0 Å². The molecular weight excluding hydrogens is 381 g/mol. The van der Waals surface area contributed by atoms with Crippen LogP contribution in [0.2, 0.25) is 0 Å². The number of halogens is 2. The minimum atomic E-state index is -0.0387. The Bertz CT molecular complexity index is 425. The molecule has 0 saturated heterocycles. The van der Waals surface area contributed by atoms with Gasteiger partial charge in [0.2, 0.25) is 0 Å². The van der Waals surface area contributed by atoms with E-state index >= 15 is 0 Å². The summed E-state index contributed by atoms with van der Waals surface area (Å²) in [4.78, 5) is 11.8. The largest absolute Gasteiger partial charge is 0.349 e. The molecule has 0 aliphatic carbocycles. The molecule has 0 unspecified atom stereocenters. The van der Waals surface area contributed by atoms with Gasteiger partial charge in [-0.3, -0.25) is 4.79 Å². The third-order valence-corrected chi connectivity index (χ3v) is 3.38. The zero-order valence-corrected chi connectivity index (χ0v) is 12.9. The third-order valence-electron chi connectivity index (χ3n) is 1.95. The first-order valence-corrected chi connectivity index (χ1v) is 6.74. The molecule has 0 aromatic heterocycles. The van der Waals surface area contributed by atoms with E-state index < -0.39 is 0 Å². The van der Waals surface area contributed by atoms with Crippen molar-refractivity contribution in [3.8, 4) is 0 Å². The molecule has 1 aromatic rings. The molecular formula is C12H13BrINO. The molecule has 0 spiro atoms. The van der Waals surface area contributed by atoms with Gasteiger partial charge in [-0.15, -0.1) is 0 Å². The molecule has 1 amide bonds. The Morgan fingerprint density at radius 1 is 1.50 bits per heavy atom. The van der Waals surface area contributed by atoms with Crippen LogP contribution in [-0.2, 0) is 0 Å². The smallest absolute Gasteiger partial charge is 0.252 e. The number of nitrogens with one attached hydrogen (secondary N) is 1. The predicted molar refractivity (Wildman–Crippen MR) is 78.6 cm³/mol. The number of hydrogen-bond donors (Lipinski definition) is 1. The number of rotatable bonds is 3. The molecule has 1 rings (SSSR count). The summed E-state index contributed by atoms with van der Waals surface area (Å²) in [5, 5.41) is 2.86. The minimum absolute atomic E-state index is 0.0387. The van der Waals surface area contributed by atoms with Crippen molar-refractivity contribution in [2.75, 3.05) is 6.54 Å². The van der Waals surface area contributed by atoms with Crippen LogP contribution in [0.15, 0.2) is 34.3 Å². The summed E-state index contributed by atoms with van der Waals surface area (Å²) in [5.74, 6) is -0.0387. The number of allylic oxidation sites excluding steroid dienone is 1. The second-order valence-corrected chi connectivity index (χ2v) is 5.69. The van der Waals surface area contributed by atoms with Crippen molar-refractivity contribution in [3.05, 3.63) is 43.5 Å². The lowest BCUT2D eigenvalue weighted by molar-refractivity contribution is 0.0957. The van der Waals surface area contributed by atoms with E-state index in [-0.39, 0.29) is 5.91 Å². The molecule has 0 aliphatic heterocycles. The van der Waals surface area contributed by atoms with E-state index in [1.54, 1.807) is 0 Å². The van der Waals surface area contributed by atoms with Crippen molar-refractivity contribution in [2.24, 2.45) is 0 Å². The molecule has 0 bridgehead atoms. The quantitative estimate of drug-likeness (QED) is 0.615. The van der Waals surface area contributed by atoms with Crippen LogP contribution in [0.1, 0.15) is 24.2 Å². The zero-order chi connectivity index (χ0) is 12.1. The van der Waals surface area contributed by atoms with Gasteiger partial charge in [0.25, 0.3) is 5.91 Å². The van der Waals surface area contributed by atoms with Crippen molar-refractivity contribution < 1.29 is 4.79 Å². The predicted octanol–water partition coefficient (Wildman–Crippen LogP) is 3.75. The van der Waals surface area contributed by atoms with Gasteiger partial charge in [-0.05, 0) is 54.6 Å². The Kier molecular flexibility index (Phi) is 5.48. The number of benzene rings is 1. The standard InChI is InChI=1S/C12H13BrINO/c1-8(2)5-6-15-12(16)10-7-9(13)3-4-11(10)14/h3-5,7H,6H2,1-2H3,(H,15,16). The van der Waals surface area contributed by atoms with Crippen molar-refractivity contribution in [2.45, 2.75) is 13.8 Å². The van der Waals surface area contributed by atoms with Gasteiger partial charge in [0.05, 0.1) is 5.56 Å². The lowest BCUT2D eigenvalue weighted by Crippen LogP contribution is -2.24. The van der Waals surface area contributed by atoms with E-state index in [4.69, 9.17) is 0 Å². The van der Waals surface area contributed by atoms with E-state index in [1.165, 1.54) is 5.57 Å². The van der Waals surface area contributed by atoms with E-state index in [0.29, 0.717) is 12.1 Å². The highest BCUT2D eigenvalue weighted by molar-refractivity contribution is 14.1. The Hall–Kier alpha value is -0.360. The van der Waals surface area contributed by atoms with Crippen molar-refractivity contribution in [1.82, 2.24) is 5.32 Å². The van der Waals surface area contributed by atoms with Crippen LogP contribution in [0.25, 0.3) is 0 Å². The highest BCUT2D eigenvalue weighted by Gasteiger charge is 2.08. The van der Waals surface area contributed by atoms with Gasteiger partial charge in [0.15, 0.2) is 0 Å². The summed E-state index contributed by atoms with van der Waals surface area (Å²) in [6, 6.07) is 5.68. The maximum atomic E-state index is 11.8. The number of amides is 1. The Morgan fingerprint density at radius 2 is 2.19 bits per heavy atom. The van der Waals surface area contributed by atoms with E-state index in [0.717, 1.165) is 8.04 Å². The lowest BCUT2D eigenvalue weighted by Gasteiger charge is -2.05. The second kappa shape index (κ2) is 6.39. The van der Waals surface area contributed by atoms with Crippen molar-refractivity contribution >= 4 is 44.4 Å². The molecule has 0 saturated carbocycles. The van der Waals surface area contributed by atoms with Gasteiger partial charge in [0, 0.05) is 14.6 Å². The molecule has 0 radical (unpaired) electrons. The first kappa shape index (κ1) is 13.7. The van der Waals surface area contributed by atoms with E-state index in [2.05, 4.69) is 43.8 Å². The van der Waals surface area contributed by atoms with Crippen LogP contribution in [0.5, 0.6) is 0 Å². The summed E-state index contributed by atoms with van der Waals surface area (Å²) >= 11 is 5.52. The second-order valence-electron chi connectivity index (χ2n) is 3.62. The van der Waals surface area contributed by atoms with Gasteiger partial charge < -0.3 is 5.32 Å². The first-order valence-electron chi connectivity index (χ1n) is 4.87. The van der Waals surface area contributed by atoms with Crippen LogP contribution in [0.3, 0.4) is 0 Å². The van der Waals surface area contributed by atoms with Crippen LogP contribution < -0.4 is 5.32 Å². The Balaban J connectivity index is 2.73. The fourth-order valence-corrected chi connectivity index (χ4v) is 2.06. The van der Waals surface area contributed by atoms with Crippen LogP contribution in [0, 0.1) is 3.57 Å². The highest BCUT2D eigenvalue weighted by Crippen LogP contribution is 2.18. The molecule has 4 heteroatoms. The molecule has 86 valence electrons. The van der Waals surface area contributed by atoms with Crippen molar-refractivity contribution in [1.29, 1.82) is 0 Å². The average molecular weight is 394 g/mol. The molecule has 0 fully saturated rings. The van der Waals surface area contributed by atoms with Gasteiger partial charge in [-0.25, -0.2) is 0 Å². The molecule has 1 N–H and O–H groups in total. The fourth-order valence-electron chi connectivity index (χ4n) is 1.11. The molecule has 0 aliphatic rings. The Morgan fingerprint density at radius 3 is 2.81 bits per heavy atom. The zero-order valence-electron chi connectivity index (χ0n) is 9.18.